The van der Waals surface area contributed by atoms with E-state index in [1.165, 1.54) is 13.2 Å². The molecular formula is C10H13F2NO2. The molecule has 1 rings (SSSR count). The molecule has 5 heteroatoms. The third kappa shape index (κ3) is 2.64. The van der Waals surface area contributed by atoms with Crippen molar-refractivity contribution in [1.82, 2.24) is 0 Å². The SMILES string of the molecule is COc1c(CC(N)CO)ccc(F)c1F. The van der Waals surface area contributed by atoms with Gasteiger partial charge in [-0.15, -0.1) is 0 Å². The van der Waals surface area contributed by atoms with Gasteiger partial charge in [0.15, 0.2) is 11.6 Å². The Hall–Kier alpha value is -1.20. The molecule has 0 aliphatic heterocycles. The second-order valence-corrected chi connectivity index (χ2v) is 3.20. The van der Waals surface area contributed by atoms with Crippen LogP contribution in [0.3, 0.4) is 0 Å². The number of hydrogen-bond donors (Lipinski definition) is 2. The predicted octanol–water partition coefficient (Wildman–Crippen LogP) is 0.836. The summed E-state index contributed by atoms with van der Waals surface area (Å²) in [6, 6.07) is 1.90. The van der Waals surface area contributed by atoms with Gasteiger partial charge >= 0.3 is 0 Å². The molecule has 3 nitrogen and oxygen atoms in total. The molecule has 0 aromatic heterocycles. The molecule has 1 unspecified atom stereocenters. The molecular weight excluding hydrogens is 204 g/mol. The molecule has 1 aromatic carbocycles. The number of aliphatic hydroxyl groups is 1. The fourth-order valence-electron chi connectivity index (χ4n) is 1.30. The van der Waals surface area contributed by atoms with Crippen LogP contribution in [0.25, 0.3) is 0 Å². The predicted molar refractivity (Wildman–Crippen MR) is 51.7 cm³/mol. The normalized spacial score (nSPS) is 12.6. The Balaban J connectivity index is 3.02. The molecule has 0 radical (unpaired) electrons. The van der Waals surface area contributed by atoms with Gasteiger partial charge < -0.3 is 15.6 Å². The average Bonchev–Trinajstić information content (AvgIpc) is 2.24. The highest BCUT2D eigenvalue weighted by molar-refractivity contribution is 5.36. The minimum absolute atomic E-state index is 0.154. The summed E-state index contributed by atoms with van der Waals surface area (Å²) in [5.41, 5.74) is 5.94. The van der Waals surface area contributed by atoms with E-state index in [1.807, 2.05) is 0 Å². The summed E-state index contributed by atoms with van der Waals surface area (Å²) in [4.78, 5) is 0. The van der Waals surface area contributed by atoms with Crippen molar-refractivity contribution in [2.75, 3.05) is 13.7 Å². The van der Waals surface area contributed by atoms with Crippen LogP contribution in [0.2, 0.25) is 0 Å². The zero-order valence-corrected chi connectivity index (χ0v) is 8.34. The van der Waals surface area contributed by atoms with Crippen LogP contribution in [0.4, 0.5) is 8.78 Å². The molecule has 0 saturated heterocycles. The van der Waals surface area contributed by atoms with Crippen molar-refractivity contribution < 1.29 is 18.6 Å². The van der Waals surface area contributed by atoms with Crippen molar-refractivity contribution in [3.8, 4) is 5.75 Å². The van der Waals surface area contributed by atoms with Crippen molar-refractivity contribution in [1.29, 1.82) is 0 Å². The quantitative estimate of drug-likeness (QED) is 0.785. The van der Waals surface area contributed by atoms with Crippen LogP contribution in [0.1, 0.15) is 5.56 Å². The van der Waals surface area contributed by atoms with Gasteiger partial charge in [-0.3, -0.25) is 0 Å². The van der Waals surface area contributed by atoms with Crippen LogP contribution in [-0.4, -0.2) is 24.9 Å². The molecule has 3 N–H and O–H groups in total. The van der Waals surface area contributed by atoms with E-state index in [2.05, 4.69) is 0 Å². The topological polar surface area (TPSA) is 55.5 Å². The lowest BCUT2D eigenvalue weighted by atomic mass is 10.1. The summed E-state index contributed by atoms with van der Waals surface area (Å²) >= 11 is 0. The third-order valence-electron chi connectivity index (χ3n) is 2.05. The molecule has 0 spiro atoms. The van der Waals surface area contributed by atoms with Gasteiger partial charge in [-0.25, -0.2) is 4.39 Å². The smallest absolute Gasteiger partial charge is 0.200 e. The Labute approximate surface area is 86.5 Å². The van der Waals surface area contributed by atoms with Crippen molar-refractivity contribution in [2.45, 2.75) is 12.5 Å². The minimum Gasteiger partial charge on any atom is -0.493 e. The molecule has 1 aromatic rings. The highest BCUT2D eigenvalue weighted by Gasteiger charge is 2.15. The summed E-state index contributed by atoms with van der Waals surface area (Å²) in [6.45, 7) is -0.220. The Morgan fingerprint density at radius 2 is 2.13 bits per heavy atom. The number of nitrogens with two attached hydrogens (primary N) is 1. The number of hydrogen-bond acceptors (Lipinski definition) is 3. The Morgan fingerprint density at radius 3 is 2.67 bits per heavy atom. The lowest BCUT2D eigenvalue weighted by Crippen LogP contribution is -2.27. The van der Waals surface area contributed by atoms with Crippen LogP contribution in [0.15, 0.2) is 12.1 Å². The monoisotopic (exact) mass is 217 g/mol. The summed E-state index contributed by atoms with van der Waals surface area (Å²) in [5, 5.41) is 8.75. The van der Waals surface area contributed by atoms with Crippen LogP contribution >= 0.6 is 0 Å². The van der Waals surface area contributed by atoms with E-state index < -0.39 is 17.7 Å². The van der Waals surface area contributed by atoms with Gasteiger partial charge in [0.1, 0.15) is 0 Å². The average molecular weight is 217 g/mol. The Kier molecular flexibility index (Phi) is 3.99. The van der Waals surface area contributed by atoms with E-state index in [0.717, 1.165) is 6.07 Å². The van der Waals surface area contributed by atoms with Crippen LogP contribution < -0.4 is 10.5 Å². The molecule has 0 saturated carbocycles. The molecule has 0 aliphatic carbocycles. The van der Waals surface area contributed by atoms with Gasteiger partial charge in [-0.2, -0.15) is 4.39 Å². The number of ether oxygens (including phenoxy) is 1. The maximum absolute atomic E-state index is 13.2. The standard InChI is InChI=1S/C10H13F2NO2/c1-15-10-6(4-7(13)5-14)2-3-8(11)9(10)12/h2-3,7,14H,4-5,13H2,1H3. The van der Waals surface area contributed by atoms with Crippen molar-refractivity contribution >= 4 is 0 Å². The van der Waals surface area contributed by atoms with E-state index >= 15 is 0 Å². The zero-order chi connectivity index (χ0) is 11.4. The molecule has 1 atom stereocenters. The number of methoxy groups -OCH3 is 1. The van der Waals surface area contributed by atoms with E-state index in [1.54, 1.807) is 0 Å². The summed E-state index contributed by atoms with van der Waals surface area (Å²) in [7, 11) is 1.26. The van der Waals surface area contributed by atoms with E-state index in [4.69, 9.17) is 15.6 Å². The summed E-state index contributed by atoms with van der Waals surface area (Å²) in [5.74, 6) is -2.15. The largest absolute Gasteiger partial charge is 0.493 e. The van der Waals surface area contributed by atoms with E-state index in [0.29, 0.717) is 5.56 Å². The number of rotatable bonds is 4. The number of aliphatic hydroxyl groups excluding tert-OH is 1. The highest BCUT2D eigenvalue weighted by atomic mass is 19.2. The highest BCUT2D eigenvalue weighted by Crippen LogP contribution is 2.25. The minimum atomic E-state index is -1.03. The first-order chi connectivity index (χ1) is 7.10. The maximum Gasteiger partial charge on any atom is 0.200 e. The molecule has 0 fully saturated rings. The molecule has 84 valence electrons. The maximum atomic E-state index is 13.2. The van der Waals surface area contributed by atoms with E-state index in [-0.39, 0.29) is 18.8 Å². The van der Waals surface area contributed by atoms with Gasteiger partial charge in [-0.05, 0) is 18.1 Å². The Bertz CT molecular complexity index is 344. The first-order valence-electron chi connectivity index (χ1n) is 4.47. The number of halogens is 2. The van der Waals surface area contributed by atoms with Crippen molar-refractivity contribution in [2.24, 2.45) is 5.73 Å². The van der Waals surface area contributed by atoms with E-state index in [9.17, 15) is 8.78 Å². The van der Waals surface area contributed by atoms with Crippen LogP contribution in [0, 0.1) is 11.6 Å². The van der Waals surface area contributed by atoms with Gasteiger partial charge in [0, 0.05) is 6.04 Å². The van der Waals surface area contributed by atoms with Gasteiger partial charge in [0.05, 0.1) is 13.7 Å². The summed E-state index contributed by atoms with van der Waals surface area (Å²) < 4.78 is 30.8. The second-order valence-electron chi connectivity index (χ2n) is 3.20. The Morgan fingerprint density at radius 1 is 1.47 bits per heavy atom. The lowest BCUT2D eigenvalue weighted by molar-refractivity contribution is 0.264. The molecule has 0 aliphatic rings. The zero-order valence-electron chi connectivity index (χ0n) is 8.34. The fourth-order valence-corrected chi connectivity index (χ4v) is 1.30. The molecule has 0 bridgehead atoms. The van der Waals surface area contributed by atoms with Gasteiger partial charge in [0.25, 0.3) is 0 Å². The van der Waals surface area contributed by atoms with Crippen LogP contribution in [0.5, 0.6) is 5.75 Å². The first-order valence-corrected chi connectivity index (χ1v) is 4.47. The second kappa shape index (κ2) is 5.04. The van der Waals surface area contributed by atoms with Gasteiger partial charge in [-0.1, -0.05) is 6.07 Å². The summed E-state index contributed by atoms with van der Waals surface area (Å²) in [6.07, 6.45) is 0.233. The lowest BCUT2D eigenvalue weighted by Gasteiger charge is -2.12. The number of benzene rings is 1. The van der Waals surface area contributed by atoms with Crippen molar-refractivity contribution in [3.63, 3.8) is 0 Å². The first kappa shape index (κ1) is 11.9. The third-order valence-corrected chi connectivity index (χ3v) is 2.05. The van der Waals surface area contributed by atoms with Gasteiger partial charge in [0.2, 0.25) is 5.82 Å². The molecule has 0 amide bonds. The fraction of sp³-hybridized carbons (Fsp3) is 0.400. The molecule has 0 heterocycles. The molecule has 15 heavy (non-hydrogen) atoms. The van der Waals surface area contributed by atoms with Crippen molar-refractivity contribution in [3.05, 3.63) is 29.3 Å². The van der Waals surface area contributed by atoms with Crippen LogP contribution in [-0.2, 0) is 6.42 Å².